The number of methoxy groups -OCH3 is 1. The van der Waals surface area contributed by atoms with Crippen LogP contribution in [-0.2, 0) is 24.5 Å². The van der Waals surface area contributed by atoms with Gasteiger partial charge in [0.2, 0.25) is 5.91 Å². The summed E-state index contributed by atoms with van der Waals surface area (Å²) in [5.41, 5.74) is 2.11. The van der Waals surface area contributed by atoms with Crippen LogP contribution in [0.5, 0.6) is 0 Å². The average molecular weight is 368 g/mol. The number of amides is 1. The van der Waals surface area contributed by atoms with Gasteiger partial charge in [0.15, 0.2) is 0 Å². The van der Waals surface area contributed by atoms with Crippen LogP contribution in [0.4, 0.5) is 5.69 Å². The van der Waals surface area contributed by atoms with Crippen molar-refractivity contribution >= 4 is 17.6 Å². The molecular weight excluding hydrogens is 344 g/mol. The number of carbonyl (C=O) groups excluding carboxylic acids is 2. The topological polar surface area (TPSA) is 67.9 Å². The molecule has 6 nitrogen and oxygen atoms in total. The largest absolute Gasteiger partial charge is 0.497 e. The van der Waals surface area contributed by atoms with Gasteiger partial charge < -0.3 is 14.8 Å². The van der Waals surface area contributed by atoms with Crippen LogP contribution in [0.15, 0.2) is 36.1 Å². The van der Waals surface area contributed by atoms with E-state index < -0.39 is 5.41 Å². The number of esters is 1. The van der Waals surface area contributed by atoms with Gasteiger partial charge in [0.25, 0.3) is 0 Å². The van der Waals surface area contributed by atoms with E-state index in [1.54, 1.807) is 6.26 Å². The molecule has 0 saturated carbocycles. The van der Waals surface area contributed by atoms with Crippen molar-refractivity contribution in [1.82, 2.24) is 4.90 Å². The number of piperidine rings is 1. The predicted molar refractivity (Wildman–Crippen MR) is 99.0 cm³/mol. The van der Waals surface area contributed by atoms with Crippen LogP contribution in [0.2, 0.25) is 0 Å². The Morgan fingerprint density at radius 2 is 2.19 bits per heavy atom. The number of rotatable bonds is 1. The smallest absolute Gasteiger partial charge is 0.337 e. The Balaban J connectivity index is 1.55. The summed E-state index contributed by atoms with van der Waals surface area (Å²) in [6, 6.07) is 8.10. The van der Waals surface area contributed by atoms with Gasteiger partial charge in [-0.1, -0.05) is 18.2 Å². The molecule has 6 heteroatoms. The zero-order valence-corrected chi connectivity index (χ0v) is 15.6. The number of nitrogens with zero attached hydrogens (tertiary/aromatic N) is 1. The number of hydrogen-bond donors (Lipinski definition) is 1. The molecule has 1 aromatic carbocycles. The molecule has 4 aliphatic heterocycles. The highest BCUT2D eigenvalue weighted by Gasteiger charge is 2.61. The summed E-state index contributed by atoms with van der Waals surface area (Å²) in [6.45, 7) is 3.79. The molecule has 142 valence electrons. The Kier molecular flexibility index (Phi) is 3.63. The molecule has 0 aliphatic carbocycles. The Morgan fingerprint density at radius 1 is 1.37 bits per heavy atom. The number of para-hydroxylation sites is 1. The van der Waals surface area contributed by atoms with Crippen LogP contribution in [0, 0.1) is 11.8 Å². The lowest BCUT2D eigenvalue weighted by atomic mass is 9.66. The first-order valence-electron chi connectivity index (χ1n) is 9.65. The average Bonchev–Trinajstić information content (AvgIpc) is 3.20. The SMILES string of the molecule is COC(=O)C1=CO[C@@H](C)C2CN3CC[C@]4(C(=O)Nc5ccccc54)[C@@H]3C[C@H]12. The van der Waals surface area contributed by atoms with Crippen molar-refractivity contribution in [3.63, 3.8) is 0 Å². The molecule has 0 radical (unpaired) electrons. The molecule has 27 heavy (non-hydrogen) atoms. The van der Waals surface area contributed by atoms with Gasteiger partial charge in [-0.05, 0) is 37.9 Å². The molecule has 1 amide bonds. The summed E-state index contributed by atoms with van der Waals surface area (Å²) < 4.78 is 10.8. The van der Waals surface area contributed by atoms with Gasteiger partial charge in [-0.2, -0.15) is 0 Å². The van der Waals surface area contributed by atoms with E-state index in [1.165, 1.54) is 7.11 Å². The summed E-state index contributed by atoms with van der Waals surface area (Å²) in [7, 11) is 1.41. The molecule has 0 aromatic heterocycles. The third-order valence-corrected chi connectivity index (χ3v) is 7.14. The number of nitrogens with one attached hydrogen (secondary N) is 1. The highest BCUT2D eigenvalue weighted by Crippen LogP contribution is 2.53. The molecule has 1 aromatic rings. The first-order valence-corrected chi connectivity index (χ1v) is 9.65. The number of ether oxygens (including phenoxy) is 2. The zero-order valence-electron chi connectivity index (χ0n) is 15.6. The zero-order chi connectivity index (χ0) is 18.8. The molecule has 5 rings (SSSR count). The maximum Gasteiger partial charge on any atom is 0.337 e. The van der Waals surface area contributed by atoms with Crippen molar-refractivity contribution < 1.29 is 19.1 Å². The lowest BCUT2D eigenvalue weighted by Crippen LogP contribution is -2.56. The van der Waals surface area contributed by atoms with Crippen molar-refractivity contribution in [2.45, 2.75) is 37.3 Å². The second-order valence-corrected chi connectivity index (χ2v) is 8.14. The molecule has 2 fully saturated rings. The van der Waals surface area contributed by atoms with Gasteiger partial charge in [0.1, 0.15) is 0 Å². The number of fused-ring (bicyclic) bond motifs is 5. The maximum absolute atomic E-state index is 13.1. The highest BCUT2D eigenvalue weighted by molar-refractivity contribution is 6.07. The molecular formula is C21H24N2O4. The Bertz CT molecular complexity index is 850. The highest BCUT2D eigenvalue weighted by atomic mass is 16.5. The minimum atomic E-state index is -0.523. The van der Waals surface area contributed by atoms with Crippen molar-refractivity contribution in [2.75, 3.05) is 25.5 Å². The van der Waals surface area contributed by atoms with E-state index in [-0.39, 0.29) is 35.9 Å². The Labute approximate surface area is 158 Å². The van der Waals surface area contributed by atoms with Gasteiger partial charge in [0.05, 0.1) is 30.5 Å². The van der Waals surface area contributed by atoms with E-state index in [0.717, 1.165) is 37.2 Å². The summed E-state index contributed by atoms with van der Waals surface area (Å²) in [6.07, 6.45) is 3.20. The van der Waals surface area contributed by atoms with Gasteiger partial charge in [-0.15, -0.1) is 0 Å². The van der Waals surface area contributed by atoms with E-state index in [1.807, 2.05) is 18.2 Å². The van der Waals surface area contributed by atoms with E-state index in [0.29, 0.717) is 5.57 Å². The lowest BCUT2D eigenvalue weighted by molar-refractivity contribution is -0.139. The molecule has 5 atom stereocenters. The molecule has 1 N–H and O–H groups in total. The van der Waals surface area contributed by atoms with Crippen LogP contribution >= 0.6 is 0 Å². The molecule has 0 bridgehead atoms. The summed E-state index contributed by atoms with van der Waals surface area (Å²) in [5.74, 6) is 0.0558. The van der Waals surface area contributed by atoms with Crippen LogP contribution in [0.1, 0.15) is 25.3 Å². The van der Waals surface area contributed by atoms with Crippen LogP contribution in [0.3, 0.4) is 0 Å². The summed E-state index contributed by atoms with van der Waals surface area (Å²) in [4.78, 5) is 27.9. The fourth-order valence-electron chi connectivity index (χ4n) is 5.77. The van der Waals surface area contributed by atoms with Gasteiger partial charge in [-0.3, -0.25) is 9.69 Å². The van der Waals surface area contributed by atoms with Crippen molar-refractivity contribution in [2.24, 2.45) is 11.8 Å². The molecule has 1 spiro atoms. The quantitative estimate of drug-likeness (QED) is 0.769. The van der Waals surface area contributed by atoms with Gasteiger partial charge >= 0.3 is 5.97 Å². The first kappa shape index (κ1) is 16.8. The monoisotopic (exact) mass is 368 g/mol. The standard InChI is InChI=1S/C21H24N2O4/c1-12-14-10-23-8-7-21(16-5-3-4-6-17(16)22-20(21)25)18(23)9-13(14)15(11-27-12)19(24)26-2/h3-6,11-14,18H,7-10H2,1-2H3,(H,22,25)/t12-,13-,14?,18-,21+/m0/s1. The maximum atomic E-state index is 13.1. The van der Waals surface area contributed by atoms with Crippen molar-refractivity contribution in [1.29, 1.82) is 0 Å². The number of anilines is 1. The first-order chi connectivity index (χ1) is 13.1. The summed E-state index contributed by atoms with van der Waals surface area (Å²) in [5, 5.41) is 3.09. The fourth-order valence-corrected chi connectivity index (χ4v) is 5.77. The molecule has 4 aliphatic rings. The second-order valence-electron chi connectivity index (χ2n) is 8.14. The number of hydrogen-bond acceptors (Lipinski definition) is 5. The minimum absolute atomic E-state index is 0.0468. The lowest BCUT2D eigenvalue weighted by Gasteiger charge is -2.48. The summed E-state index contributed by atoms with van der Waals surface area (Å²) >= 11 is 0. The number of benzene rings is 1. The van der Waals surface area contributed by atoms with Crippen molar-refractivity contribution in [3.8, 4) is 0 Å². The second kappa shape index (κ2) is 5.83. The minimum Gasteiger partial charge on any atom is -0.497 e. The van der Waals surface area contributed by atoms with E-state index >= 15 is 0 Å². The Morgan fingerprint density at radius 3 is 3.00 bits per heavy atom. The van der Waals surface area contributed by atoms with E-state index in [2.05, 4.69) is 23.2 Å². The third-order valence-electron chi connectivity index (χ3n) is 7.14. The molecule has 2 saturated heterocycles. The third kappa shape index (κ3) is 2.16. The van der Waals surface area contributed by atoms with Crippen LogP contribution < -0.4 is 5.32 Å². The normalized spacial score (nSPS) is 37.0. The molecule has 1 unspecified atom stereocenters. The van der Waals surface area contributed by atoms with Crippen LogP contribution in [-0.4, -0.2) is 49.1 Å². The number of carbonyl (C=O) groups is 2. The van der Waals surface area contributed by atoms with Crippen LogP contribution in [0.25, 0.3) is 0 Å². The Hall–Kier alpha value is -2.34. The fraction of sp³-hybridized carbons (Fsp3) is 0.524. The van der Waals surface area contributed by atoms with E-state index in [9.17, 15) is 9.59 Å². The molecule has 4 heterocycles. The van der Waals surface area contributed by atoms with E-state index in [4.69, 9.17) is 9.47 Å². The van der Waals surface area contributed by atoms with Gasteiger partial charge in [-0.25, -0.2) is 4.79 Å². The van der Waals surface area contributed by atoms with Crippen molar-refractivity contribution in [3.05, 3.63) is 41.7 Å². The van der Waals surface area contributed by atoms with Gasteiger partial charge in [0, 0.05) is 30.1 Å². The predicted octanol–water partition coefficient (Wildman–Crippen LogP) is 2.06.